The molecule has 78 valence electrons. The number of hydrogen-bond acceptors (Lipinski definition) is 1. The molecular formula is C11H7F2IO. The maximum Gasteiger partial charge on any atom is 0.387 e. The fourth-order valence-corrected chi connectivity index (χ4v) is 1.91. The Morgan fingerprint density at radius 3 is 2.67 bits per heavy atom. The molecule has 0 saturated heterocycles. The highest BCUT2D eigenvalue weighted by molar-refractivity contribution is 14.1. The Morgan fingerprint density at radius 2 is 1.93 bits per heavy atom. The molecule has 2 aromatic carbocycles. The predicted octanol–water partition coefficient (Wildman–Crippen LogP) is 4.05. The molecule has 0 unspecified atom stereocenters. The first kappa shape index (κ1) is 10.6. The molecule has 4 heteroatoms. The lowest BCUT2D eigenvalue weighted by molar-refractivity contribution is -0.0487. The van der Waals surface area contributed by atoms with Gasteiger partial charge in [-0.2, -0.15) is 8.78 Å². The Labute approximate surface area is 99.2 Å². The summed E-state index contributed by atoms with van der Waals surface area (Å²) in [6, 6.07) is 10.7. The molecule has 0 aliphatic rings. The van der Waals surface area contributed by atoms with Crippen LogP contribution in [0.1, 0.15) is 0 Å². The second-order valence-corrected chi connectivity index (χ2v) is 4.25. The third kappa shape index (κ3) is 2.37. The van der Waals surface area contributed by atoms with Crippen molar-refractivity contribution in [3.05, 3.63) is 40.0 Å². The maximum atomic E-state index is 12.1. The van der Waals surface area contributed by atoms with E-state index in [1.165, 1.54) is 0 Å². The molecule has 0 fully saturated rings. The van der Waals surface area contributed by atoms with Crippen molar-refractivity contribution in [2.24, 2.45) is 0 Å². The minimum absolute atomic E-state index is 0.223. The number of alkyl halides is 2. The third-order valence-electron chi connectivity index (χ3n) is 2.02. The molecule has 2 rings (SSSR count). The first-order valence-electron chi connectivity index (χ1n) is 4.30. The van der Waals surface area contributed by atoms with E-state index in [1.807, 2.05) is 24.3 Å². The van der Waals surface area contributed by atoms with Gasteiger partial charge in [0.15, 0.2) is 0 Å². The zero-order valence-corrected chi connectivity index (χ0v) is 9.74. The number of fused-ring (bicyclic) bond motifs is 1. The minimum Gasteiger partial charge on any atom is -0.434 e. The van der Waals surface area contributed by atoms with Crippen molar-refractivity contribution in [3.63, 3.8) is 0 Å². The van der Waals surface area contributed by atoms with Crippen LogP contribution in [-0.4, -0.2) is 6.61 Å². The molecule has 0 saturated carbocycles. The van der Waals surface area contributed by atoms with E-state index in [0.717, 1.165) is 8.96 Å². The summed E-state index contributed by atoms with van der Waals surface area (Å²) >= 11 is 2.14. The topological polar surface area (TPSA) is 9.23 Å². The first-order chi connectivity index (χ1) is 7.16. The Hall–Kier alpha value is -0.910. The van der Waals surface area contributed by atoms with E-state index < -0.39 is 6.61 Å². The second-order valence-electron chi connectivity index (χ2n) is 3.00. The van der Waals surface area contributed by atoms with Crippen molar-refractivity contribution in [3.8, 4) is 5.75 Å². The Balaban J connectivity index is 2.58. The molecular weight excluding hydrogens is 313 g/mol. The van der Waals surface area contributed by atoms with Crippen molar-refractivity contribution >= 4 is 33.4 Å². The van der Waals surface area contributed by atoms with E-state index >= 15 is 0 Å². The van der Waals surface area contributed by atoms with Crippen LogP contribution < -0.4 is 4.74 Å². The zero-order valence-electron chi connectivity index (χ0n) is 7.58. The zero-order chi connectivity index (χ0) is 10.8. The van der Waals surface area contributed by atoms with Gasteiger partial charge >= 0.3 is 6.61 Å². The normalized spacial score (nSPS) is 10.9. The summed E-state index contributed by atoms with van der Waals surface area (Å²) in [7, 11) is 0. The fourth-order valence-electron chi connectivity index (χ4n) is 1.41. The summed E-state index contributed by atoms with van der Waals surface area (Å²) in [5, 5.41) is 1.61. The number of benzene rings is 2. The molecule has 0 bridgehead atoms. The lowest BCUT2D eigenvalue weighted by atomic mass is 10.1. The van der Waals surface area contributed by atoms with Crippen LogP contribution in [0.15, 0.2) is 36.4 Å². The second kappa shape index (κ2) is 4.30. The molecule has 15 heavy (non-hydrogen) atoms. The van der Waals surface area contributed by atoms with E-state index in [0.29, 0.717) is 5.39 Å². The average molecular weight is 320 g/mol. The molecule has 0 spiro atoms. The standard InChI is InChI=1S/C11H7F2IO/c12-11(13)15-10-3-1-2-7-4-5-8(14)6-9(7)10/h1-6,11H. The largest absolute Gasteiger partial charge is 0.434 e. The summed E-state index contributed by atoms with van der Waals surface area (Å²) in [5.41, 5.74) is 0. The molecule has 0 aliphatic carbocycles. The third-order valence-corrected chi connectivity index (χ3v) is 2.69. The van der Waals surface area contributed by atoms with Crippen molar-refractivity contribution < 1.29 is 13.5 Å². The molecule has 0 radical (unpaired) electrons. The summed E-state index contributed by atoms with van der Waals surface area (Å²) < 4.78 is 29.7. The smallest absolute Gasteiger partial charge is 0.387 e. The molecule has 1 nitrogen and oxygen atoms in total. The summed E-state index contributed by atoms with van der Waals surface area (Å²) in [4.78, 5) is 0. The van der Waals surface area contributed by atoms with Gasteiger partial charge in [0.05, 0.1) is 0 Å². The highest BCUT2D eigenvalue weighted by Crippen LogP contribution is 2.28. The predicted molar refractivity (Wildman–Crippen MR) is 63.3 cm³/mol. The van der Waals surface area contributed by atoms with Gasteiger partial charge in [-0.05, 0) is 46.2 Å². The van der Waals surface area contributed by atoms with Gasteiger partial charge in [-0.25, -0.2) is 0 Å². The van der Waals surface area contributed by atoms with E-state index in [4.69, 9.17) is 0 Å². The van der Waals surface area contributed by atoms with Crippen LogP contribution in [0.2, 0.25) is 0 Å². The number of rotatable bonds is 2. The van der Waals surface area contributed by atoms with Gasteiger partial charge in [0.25, 0.3) is 0 Å². The van der Waals surface area contributed by atoms with Crippen molar-refractivity contribution in [2.45, 2.75) is 6.61 Å². The van der Waals surface area contributed by atoms with E-state index in [2.05, 4.69) is 27.3 Å². The van der Waals surface area contributed by atoms with Crippen molar-refractivity contribution in [1.29, 1.82) is 0 Å². The molecule has 0 N–H and O–H groups in total. The number of halogens is 3. The first-order valence-corrected chi connectivity index (χ1v) is 5.38. The Morgan fingerprint density at radius 1 is 1.13 bits per heavy atom. The van der Waals surface area contributed by atoms with Gasteiger partial charge < -0.3 is 4.74 Å². The number of hydrogen-bond donors (Lipinski definition) is 0. The van der Waals surface area contributed by atoms with Crippen LogP contribution >= 0.6 is 22.6 Å². The minimum atomic E-state index is -2.78. The van der Waals surface area contributed by atoms with Gasteiger partial charge in [-0.15, -0.1) is 0 Å². The van der Waals surface area contributed by atoms with Gasteiger partial charge in [-0.3, -0.25) is 0 Å². The van der Waals surface area contributed by atoms with Crippen molar-refractivity contribution in [2.75, 3.05) is 0 Å². The van der Waals surface area contributed by atoms with Gasteiger partial charge in [-0.1, -0.05) is 18.2 Å². The van der Waals surface area contributed by atoms with Crippen LogP contribution in [0.3, 0.4) is 0 Å². The van der Waals surface area contributed by atoms with Crippen LogP contribution in [0.4, 0.5) is 8.78 Å². The van der Waals surface area contributed by atoms with Crippen LogP contribution in [0.25, 0.3) is 10.8 Å². The molecule has 0 atom stereocenters. The van der Waals surface area contributed by atoms with Crippen molar-refractivity contribution in [1.82, 2.24) is 0 Å². The monoisotopic (exact) mass is 320 g/mol. The van der Waals surface area contributed by atoms with E-state index in [9.17, 15) is 8.78 Å². The van der Waals surface area contributed by atoms with Crippen LogP contribution in [0, 0.1) is 3.57 Å². The molecule has 0 aromatic heterocycles. The molecule has 0 aliphatic heterocycles. The number of ether oxygens (including phenoxy) is 1. The van der Waals surface area contributed by atoms with Gasteiger partial charge in [0.2, 0.25) is 0 Å². The van der Waals surface area contributed by atoms with E-state index in [1.54, 1.807) is 12.1 Å². The average Bonchev–Trinajstić information content (AvgIpc) is 2.18. The quantitative estimate of drug-likeness (QED) is 0.759. The lowest BCUT2D eigenvalue weighted by Gasteiger charge is -2.08. The summed E-state index contributed by atoms with van der Waals surface area (Å²) in [6.45, 7) is -2.78. The van der Waals surface area contributed by atoms with Crippen LogP contribution in [0.5, 0.6) is 5.75 Å². The Bertz CT molecular complexity index is 485. The summed E-state index contributed by atoms with van der Waals surface area (Å²) in [6.07, 6.45) is 0. The summed E-state index contributed by atoms with van der Waals surface area (Å²) in [5.74, 6) is 0.223. The Kier molecular flexibility index (Phi) is 3.04. The molecule has 0 amide bonds. The molecule has 0 heterocycles. The van der Waals surface area contributed by atoms with Crippen LogP contribution in [-0.2, 0) is 0 Å². The van der Waals surface area contributed by atoms with Gasteiger partial charge in [0, 0.05) is 8.96 Å². The fraction of sp³-hybridized carbons (Fsp3) is 0.0909. The highest BCUT2D eigenvalue weighted by atomic mass is 127. The van der Waals surface area contributed by atoms with E-state index in [-0.39, 0.29) is 5.75 Å². The SMILES string of the molecule is FC(F)Oc1cccc2ccc(I)cc12. The maximum absolute atomic E-state index is 12.1. The highest BCUT2D eigenvalue weighted by Gasteiger charge is 2.07. The lowest BCUT2D eigenvalue weighted by Crippen LogP contribution is -2.02. The van der Waals surface area contributed by atoms with Gasteiger partial charge in [0.1, 0.15) is 5.75 Å². The molecule has 2 aromatic rings.